The van der Waals surface area contributed by atoms with Crippen molar-refractivity contribution in [3.05, 3.63) is 11.6 Å². The van der Waals surface area contributed by atoms with Gasteiger partial charge >= 0.3 is 5.97 Å². The zero-order valence-corrected chi connectivity index (χ0v) is 28.8. The summed E-state index contributed by atoms with van der Waals surface area (Å²) in [4.78, 5) is 13.3. The van der Waals surface area contributed by atoms with E-state index in [2.05, 4.69) is 61.5 Å². The Morgan fingerprint density at radius 1 is 1.02 bits per heavy atom. The first-order valence-electron chi connectivity index (χ1n) is 18.0. The fourth-order valence-corrected chi connectivity index (χ4v) is 13.0. The fourth-order valence-electron chi connectivity index (χ4n) is 13.0. The summed E-state index contributed by atoms with van der Waals surface area (Å²) in [5.74, 6) is 1.30. The summed E-state index contributed by atoms with van der Waals surface area (Å²) >= 11 is 0. The lowest BCUT2D eigenvalue weighted by atomic mass is 9.34. The molecule has 1 saturated heterocycles. The molecular weight excluding hydrogens is 534 g/mol. The molecule has 1 heterocycles. The third-order valence-electron chi connectivity index (χ3n) is 15.8. The zero-order chi connectivity index (χ0) is 31.2. The largest absolute Gasteiger partial charge is 0.481 e. The van der Waals surface area contributed by atoms with Crippen LogP contribution < -0.4 is 5.73 Å². The number of hydrogen-bond acceptors (Lipinski definition) is 4. The predicted octanol–water partition coefficient (Wildman–Crippen LogP) is 8.26. The quantitative estimate of drug-likeness (QED) is 0.301. The molecule has 0 amide bonds. The summed E-state index contributed by atoms with van der Waals surface area (Å²) in [6.07, 6.45) is 15.0. The van der Waals surface area contributed by atoms with Crippen molar-refractivity contribution in [1.29, 1.82) is 0 Å². The highest BCUT2D eigenvalue weighted by atomic mass is 16.5. The van der Waals surface area contributed by atoms with Crippen LogP contribution in [-0.4, -0.2) is 42.5 Å². The van der Waals surface area contributed by atoms with Gasteiger partial charge in [-0.3, -0.25) is 4.79 Å². The number of ether oxygens (including phenoxy) is 2. The van der Waals surface area contributed by atoms with E-state index in [1.165, 1.54) is 25.7 Å². The summed E-state index contributed by atoms with van der Waals surface area (Å²) in [7, 11) is 0. The van der Waals surface area contributed by atoms with Crippen LogP contribution in [0.4, 0.5) is 0 Å². The molecule has 3 N–H and O–H groups in total. The summed E-state index contributed by atoms with van der Waals surface area (Å²) in [6.45, 7) is 21.1. The lowest BCUT2D eigenvalue weighted by molar-refractivity contribution is -0.253. The topological polar surface area (TPSA) is 81.8 Å². The second kappa shape index (κ2) is 10.6. The van der Waals surface area contributed by atoms with Crippen molar-refractivity contribution in [2.45, 2.75) is 138 Å². The van der Waals surface area contributed by atoms with Gasteiger partial charge in [0.1, 0.15) is 0 Å². The van der Waals surface area contributed by atoms with Crippen LogP contribution in [0.2, 0.25) is 0 Å². The number of allylic oxidation sites excluding steroid dienone is 1. The number of fused-ring (bicyclic) bond motifs is 3. The van der Waals surface area contributed by atoms with Crippen molar-refractivity contribution in [1.82, 2.24) is 0 Å². The first kappa shape index (κ1) is 32.0. The minimum Gasteiger partial charge on any atom is -0.481 e. The van der Waals surface area contributed by atoms with E-state index in [-0.39, 0.29) is 44.6 Å². The Hall–Kier alpha value is -0.910. The van der Waals surface area contributed by atoms with E-state index in [1.807, 2.05) is 0 Å². The summed E-state index contributed by atoms with van der Waals surface area (Å²) < 4.78 is 13.6. The highest BCUT2D eigenvalue weighted by molar-refractivity contribution is 5.73. The van der Waals surface area contributed by atoms with Crippen LogP contribution in [0.3, 0.4) is 0 Å². The van der Waals surface area contributed by atoms with Gasteiger partial charge in [0, 0.05) is 16.4 Å². The molecule has 244 valence electrons. The lowest BCUT2D eigenvalue weighted by Crippen LogP contribution is -2.69. The number of carboxylic acids is 1. The smallest absolute Gasteiger partial charge is 0.307 e. The number of nitrogens with two attached hydrogens (primary N) is 1. The molecule has 4 saturated carbocycles. The highest BCUT2D eigenvalue weighted by Crippen LogP contribution is 2.75. The van der Waals surface area contributed by atoms with Crippen LogP contribution >= 0.6 is 0 Å². The third-order valence-corrected chi connectivity index (χ3v) is 15.8. The molecule has 5 nitrogen and oxygen atoms in total. The minimum absolute atomic E-state index is 0.0319. The molecule has 11 atom stereocenters. The SMILES string of the molecule is CC(C)[C@@H](C)[C@@]1(C)CC[C@]2(C)[C@H]3CC[C@@H]4[C@@]5(COC[C@]4(C)[C@@H](OCC4(N)CCCCC4)[C@H](C)C5)C3=CC[C@@]2(C)[C@@H]1C(=O)O. The maximum absolute atomic E-state index is 13.3. The molecule has 0 unspecified atom stereocenters. The number of aliphatic carboxylic acids is 1. The van der Waals surface area contributed by atoms with E-state index in [9.17, 15) is 9.90 Å². The van der Waals surface area contributed by atoms with Gasteiger partial charge in [0.05, 0.1) is 31.8 Å². The van der Waals surface area contributed by atoms with Crippen molar-refractivity contribution in [2.75, 3.05) is 19.8 Å². The van der Waals surface area contributed by atoms with E-state index in [1.54, 1.807) is 5.57 Å². The summed E-state index contributed by atoms with van der Waals surface area (Å²) in [5, 5.41) is 10.9. The normalized spacial score (nSPS) is 49.7. The van der Waals surface area contributed by atoms with Crippen molar-refractivity contribution in [2.24, 2.45) is 68.3 Å². The predicted molar refractivity (Wildman–Crippen MR) is 172 cm³/mol. The Balaban J connectivity index is 1.34. The molecular formula is C38H63NO4. The molecule has 43 heavy (non-hydrogen) atoms. The first-order chi connectivity index (χ1) is 20.1. The van der Waals surface area contributed by atoms with Crippen LogP contribution in [0, 0.1) is 62.6 Å². The molecule has 6 rings (SSSR count). The van der Waals surface area contributed by atoms with Crippen LogP contribution in [-0.2, 0) is 14.3 Å². The Bertz CT molecular complexity index is 1130. The van der Waals surface area contributed by atoms with Crippen molar-refractivity contribution in [3.8, 4) is 0 Å². The average molecular weight is 598 g/mol. The fraction of sp³-hybridized carbons (Fsp3) is 0.921. The van der Waals surface area contributed by atoms with Crippen molar-refractivity contribution >= 4 is 5.97 Å². The average Bonchev–Trinajstić information content (AvgIpc) is 2.93. The number of hydrogen-bond donors (Lipinski definition) is 2. The number of carbonyl (C=O) groups is 1. The van der Waals surface area contributed by atoms with Gasteiger partial charge in [0.15, 0.2) is 0 Å². The van der Waals surface area contributed by atoms with Crippen LogP contribution in [0.5, 0.6) is 0 Å². The van der Waals surface area contributed by atoms with Gasteiger partial charge in [-0.05, 0) is 97.2 Å². The van der Waals surface area contributed by atoms with Gasteiger partial charge in [-0.15, -0.1) is 0 Å². The summed E-state index contributed by atoms with van der Waals surface area (Å²) in [6, 6.07) is 0. The van der Waals surface area contributed by atoms with Crippen molar-refractivity contribution in [3.63, 3.8) is 0 Å². The van der Waals surface area contributed by atoms with E-state index in [0.29, 0.717) is 36.2 Å². The van der Waals surface area contributed by atoms with Crippen LogP contribution in [0.25, 0.3) is 0 Å². The number of rotatable bonds is 6. The molecule has 0 aromatic carbocycles. The molecule has 2 bridgehead atoms. The Morgan fingerprint density at radius 3 is 2.37 bits per heavy atom. The maximum atomic E-state index is 13.3. The van der Waals surface area contributed by atoms with Gasteiger partial charge in [-0.2, -0.15) is 0 Å². The third kappa shape index (κ3) is 4.43. The Morgan fingerprint density at radius 2 is 1.72 bits per heavy atom. The van der Waals surface area contributed by atoms with E-state index in [4.69, 9.17) is 15.2 Å². The maximum Gasteiger partial charge on any atom is 0.307 e. The van der Waals surface area contributed by atoms with E-state index < -0.39 is 5.97 Å². The lowest BCUT2D eigenvalue weighted by Gasteiger charge is -2.71. The monoisotopic (exact) mass is 597 g/mol. The molecule has 0 aromatic heterocycles. The molecule has 0 radical (unpaired) electrons. The van der Waals surface area contributed by atoms with E-state index in [0.717, 1.165) is 58.2 Å². The standard InChI is InChI=1S/C38H63NO4/c1-24(2)26(4)33(5)18-19-35(7)27-12-13-29-34(6)21-42-23-38(29,28(27)14-17-36(35,8)30(33)32(40)41)20-25(3)31(34)43-22-37(39)15-10-9-11-16-37/h14,24-27,29-31H,9-13,15-23,39H2,1-8H3,(H,40,41)/t25-,26-,27+,29+,30-,31+,33-,34+,35-,36+,38+/m1/s1. The van der Waals surface area contributed by atoms with Gasteiger partial charge in [-0.25, -0.2) is 0 Å². The second-order valence-corrected chi connectivity index (χ2v) is 18.2. The van der Waals surface area contributed by atoms with E-state index >= 15 is 0 Å². The molecule has 0 aromatic rings. The highest BCUT2D eigenvalue weighted by Gasteiger charge is 2.71. The molecule has 5 fully saturated rings. The van der Waals surface area contributed by atoms with Crippen LogP contribution in [0.15, 0.2) is 11.6 Å². The minimum atomic E-state index is -0.581. The molecule has 0 spiro atoms. The van der Waals surface area contributed by atoms with Crippen molar-refractivity contribution < 1.29 is 19.4 Å². The van der Waals surface area contributed by atoms with Crippen LogP contribution in [0.1, 0.15) is 126 Å². The molecule has 1 aliphatic heterocycles. The van der Waals surface area contributed by atoms with Gasteiger partial charge in [-0.1, -0.05) is 86.3 Å². The number of carboxylic acid groups (broad SMARTS) is 1. The zero-order valence-electron chi connectivity index (χ0n) is 28.8. The molecule has 6 aliphatic rings. The molecule has 5 aliphatic carbocycles. The molecule has 5 heteroatoms. The van der Waals surface area contributed by atoms with Gasteiger partial charge < -0.3 is 20.3 Å². The van der Waals surface area contributed by atoms with Gasteiger partial charge in [0.2, 0.25) is 0 Å². The Labute approximate surface area is 262 Å². The Kier molecular flexibility index (Phi) is 7.87. The van der Waals surface area contributed by atoms with Gasteiger partial charge in [0.25, 0.3) is 0 Å². The summed E-state index contributed by atoms with van der Waals surface area (Å²) in [5.41, 5.74) is 7.83. The second-order valence-electron chi connectivity index (χ2n) is 18.2. The first-order valence-corrected chi connectivity index (χ1v) is 18.0.